The van der Waals surface area contributed by atoms with Crippen molar-refractivity contribution >= 4 is 34.0 Å². The third kappa shape index (κ3) is 4.83. The molecule has 9 heteroatoms. The van der Waals surface area contributed by atoms with Crippen LogP contribution in [-0.4, -0.2) is 23.1 Å². The van der Waals surface area contributed by atoms with Gasteiger partial charge < -0.3 is 10.2 Å². The Morgan fingerprint density at radius 1 is 1.28 bits per heavy atom. The molecule has 1 fully saturated rings. The minimum Gasteiger partial charge on any atom is -0.350 e. The summed E-state index contributed by atoms with van der Waals surface area (Å²) in [6.07, 6.45) is -0.151. The Morgan fingerprint density at radius 2 is 2.00 bits per heavy atom. The third-order valence-electron chi connectivity index (χ3n) is 5.29. The van der Waals surface area contributed by atoms with Crippen molar-refractivity contribution in [2.45, 2.75) is 58.2 Å². The Bertz CT molecular complexity index is 877. The molecule has 1 aromatic carbocycles. The number of nitrogens with zero attached hydrogens (tertiary/aromatic N) is 2. The number of aryl methyl sites for hydroxylation is 1. The zero-order valence-corrected chi connectivity index (χ0v) is 17.5. The van der Waals surface area contributed by atoms with Gasteiger partial charge >= 0.3 is 12.2 Å². The van der Waals surface area contributed by atoms with E-state index in [1.165, 1.54) is 30.4 Å². The van der Waals surface area contributed by atoms with Gasteiger partial charge in [0.15, 0.2) is 5.13 Å². The Balaban J connectivity index is 1.68. The van der Waals surface area contributed by atoms with Gasteiger partial charge in [0, 0.05) is 23.2 Å². The highest BCUT2D eigenvalue weighted by atomic mass is 32.1. The van der Waals surface area contributed by atoms with Crippen LogP contribution in [0.15, 0.2) is 23.6 Å². The van der Waals surface area contributed by atoms with Crippen LogP contribution in [0.25, 0.3) is 0 Å². The van der Waals surface area contributed by atoms with Crippen molar-refractivity contribution in [1.29, 1.82) is 0 Å². The molecule has 2 N–H and O–H groups in total. The van der Waals surface area contributed by atoms with Crippen LogP contribution in [0.4, 0.5) is 34.6 Å². The molecule has 0 bridgehead atoms. The highest BCUT2D eigenvalue weighted by molar-refractivity contribution is 7.14. The van der Waals surface area contributed by atoms with Crippen LogP contribution < -0.4 is 15.5 Å². The van der Waals surface area contributed by atoms with Gasteiger partial charge in [0.25, 0.3) is 0 Å². The molecule has 158 valence electrons. The average molecular weight is 427 g/mol. The SMILES string of the molecule is CCCN(c1csc(NC(=O)Nc2ccc(C)c(C(F)(F)F)c2)n1)C1(CC)CC1. The summed E-state index contributed by atoms with van der Waals surface area (Å²) >= 11 is 1.30. The lowest BCUT2D eigenvalue weighted by atomic mass is 10.1. The third-order valence-corrected chi connectivity index (χ3v) is 6.04. The predicted octanol–water partition coefficient (Wildman–Crippen LogP) is 6.27. The maximum absolute atomic E-state index is 13.0. The van der Waals surface area contributed by atoms with Crippen molar-refractivity contribution in [3.8, 4) is 0 Å². The summed E-state index contributed by atoms with van der Waals surface area (Å²) in [6.45, 7) is 6.57. The second-order valence-electron chi connectivity index (χ2n) is 7.35. The van der Waals surface area contributed by atoms with Gasteiger partial charge in [0.1, 0.15) is 5.82 Å². The van der Waals surface area contributed by atoms with Gasteiger partial charge in [-0.3, -0.25) is 5.32 Å². The number of thiazole rings is 1. The van der Waals surface area contributed by atoms with Crippen LogP contribution in [-0.2, 0) is 6.18 Å². The first-order valence-corrected chi connectivity index (χ1v) is 10.6. The lowest BCUT2D eigenvalue weighted by Gasteiger charge is -2.31. The molecule has 1 aliphatic carbocycles. The van der Waals surface area contributed by atoms with E-state index in [2.05, 4.69) is 34.4 Å². The smallest absolute Gasteiger partial charge is 0.350 e. The van der Waals surface area contributed by atoms with Crippen molar-refractivity contribution in [2.24, 2.45) is 0 Å². The largest absolute Gasteiger partial charge is 0.416 e. The van der Waals surface area contributed by atoms with E-state index >= 15 is 0 Å². The van der Waals surface area contributed by atoms with Gasteiger partial charge in [-0.15, -0.1) is 11.3 Å². The monoisotopic (exact) mass is 426 g/mol. The molecule has 1 aliphatic rings. The van der Waals surface area contributed by atoms with Crippen molar-refractivity contribution in [1.82, 2.24) is 4.98 Å². The van der Waals surface area contributed by atoms with E-state index in [1.807, 2.05) is 5.38 Å². The summed E-state index contributed by atoms with van der Waals surface area (Å²) in [6, 6.07) is 3.09. The van der Waals surface area contributed by atoms with E-state index in [0.717, 1.165) is 44.1 Å². The number of amides is 2. The quantitative estimate of drug-likeness (QED) is 0.548. The molecule has 0 radical (unpaired) electrons. The summed E-state index contributed by atoms with van der Waals surface area (Å²) < 4.78 is 39.1. The summed E-state index contributed by atoms with van der Waals surface area (Å²) in [7, 11) is 0. The van der Waals surface area contributed by atoms with Gasteiger partial charge in [0.05, 0.1) is 5.56 Å². The molecule has 3 rings (SSSR count). The Kier molecular flexibility index (Phi) is 6.07. The molecule has 2 aromatic rings. The minimum atomic E-state index is -4.47. The molecule has 0 atom stereocenters. The number of benzene rings is 1. The summed E-state index contributed by atoms with van der Waals surface area (Å²) in [5, 5.41) is 7.39. The number of carbonyl (C=O) groups is 1. The van der Waals surface area contributed by atoms with Crippen LogP contribution in [0.2, 0.25) is 0 Å². The number of hydrogen-bond donors (Lipinski definition) is 2. The first kappa shape index (κ1) is 21.4. The number of rotatable bonds is 7. The lowest BCUT2D eigenvalue weighted by molar-refractivity contribution is -0.138. The molecular formula is C20H25F3N4OS. The highest BCUT2D eigenvalue weighted by Crippen LogP contribution is 2.47. The predicted molar refractivity (Wildman–Crippen MR) is 111 cm³/mol. The molecular weight excluding hydrogens is 401 g/mol. The fraction of sp³-hybridized carbons (Fsp3) is 0.500. The average Bonchev–Trinajstić information content (AvgIpc) is 3.32. The molecule has 1 saturated carbocycles. The molecule has 0 spiro atoms. The fourth-order valence-electron chi connectivity index (χ4n) is 3.49. The van der Waals surface area contributed by atoms with E-state index in [0.29, 0.717) is 5.13 Å². The zero-order valence-electron chi connectivity index (χ0n) is 16.7. The molecule has 2 amide bonds. The lowest BCUT2D eigenvalue weighted by Crippen LogP contribution is -2.37. The molecule has 0 saturated heterocycles. The van der Waals surface area contributed by atoms with Crippen molar-refractivity contribution in [2.75, 3.05) is 22.1 Å². The Hall–Kier alpha value is -2.29. The molecule has 5 nitrogen and oxygen atoms in total. The van der Waals surface area contributed by atoms with Crippen LogP contribution in [0.5, 0.6) is 0 Å². The molecule has 29 heavy (non-hydrogen) atoms. The number of carbonyl (C=O) groups excluding carboxylic acids is 1. The number of halogens is 3. The second-order valence-corrected chi connectivity index (χ2v) is 8.21. The van der Waals surface area contributed by atoms with E-state index in [4.69, 9.17) is 0 Å². The van der Waals surface area contributed by atoms with Crippen molar-refractivity contribution in [3.05, 3.63) is 34.7 Å². The van der Waals surface area contributed by atoms with E-state index in [9.17, 15) is 18.0 Å². The minimum absolute atomic E-state index is 0.0766. The fourth-order valence-corrected chi connectivity index (χ4v) is 4.18. The van der Waals surface area contributed by atoms with Gasteiger partial charge in [-0.2, -0.15) is 13.2 Å². The normalized spacial score (nSPS) is 15.1. The summed E-state index contributed by atoms with van der Waals surface area (Å²) in [5.74, 6) is 0.834. The first-order chi connectivity index (χ1) is 13.7. The van der Waals surface area contributed by atoms with Gasteiger partial charge in [-0.05, 0) is 50.3 Å². The van der Waals surface area contributed by atoms with Crippen molar-refractivity contribution in [3.63, 3.8) is 0 Å². The van der Waals surface area contributed by atoms with Crippen molar-refractivity contribution < 1.29 is 18.0 Å². The van der Waals surface area contributed by atoms with Crippen LogP contribution >= 0.6 is 11.3 Å². The number of hydrogen-bond acceptors (Lipinski definition) is 4. The molecule has 1 aromatic heterocycles. The molecule has 0 unspecified atom stereocenters. The number of nitrogens with one attached hydrogen (secondary N) is 2. The van der Waals surface area contributed by atoms with E-state index in [-0.39, 0.29) is 16.8 Å². The first-order valence-electron chi connectivity index (χ1n) is 9.67. The number of anilines is 3. The summed E-state index contributed by atoms with van der Waals surface area (Å²) in [4.78, 5) is 19.1. The number of urea groups is 1. The Morgan fingerprint density at radius 3 is 2.59 bits per heavy atom. The Labute approximate surface area is 172 Å². The second kappa shape index (κ2) is 8.22. The number of alkyl halides is 3. The maximum Gasteiger partial charge on any atom is 0.416 e. The van der Waals surface area contributed by atoms with E-state index < -0.39 is 17.8 Å². The van der Waals surface area contributed by atoms with Gasteiger partial charge in [0.2, 0.25) is 0 Å². The number of aromatic nitrogens is 1. The van der Waals surface area contributed by atoms with Crippen LogP contribution in [0.3, 0.4) is 0 Å². The van der Waals surface area contributed by atoms with Crippen LogP contribution in [0.1, 0.15) is 50.7 Å². The highest BCUT2D eigenvalue weighted by Gasteiger charge is 2.46. The van der Waals surface area contributed by atoms with Gasteiger partial charge in [-0.1, -0.05) is 19.9 Å². The van der Waals surface area contributed by atoms with Gasteiger partial charge in [-0.25, -0.2) is 9.78 Å². The summed E-state index contributed by atoms with van der Waals surface area (Å²) in [5.41, 5.74) is -0.419. The topological polar surface area (TPSA) is 57.3 Å². The molecule has 0 aliphatic heterocycles. The molecule has 1 heterocycles. The zero-order chi connectivity index (χ0) is 21.2. The standard InChI is InChI=1S/C20H25F3N4OS/c1-4-10-27(19(5-2)8-9-19)16-12-29-18(25-16)26-17(28)24-14-7-6-13(3)15(11-14)20(21,22)23/h6-7,11-12H,4-5,8-10H2,1-3H3,(H2,24,25,26,28). The van der Waals surface area contributed by atoms with E-state index in [1.54, 1.807) is 0 Å². The van der Waals surface area contributed by atoms with Crippen LogP contribution in [0, 0.1) is 6.92 Å². The maximum atomic E-state index is 13.0.